The SMILES string of the molecule is COc1cc(CN)nc(C(=O)O)c1C(F)F. The van der Waals surface area contributed by atoms with Gasteiger partial charge in [-0.05, 0) is 0 Å². The minimum Gasteiger partial charge on any atom is -0.496 e. The number of ether oxygens (including phenoxy) is 1. The monoisotopic (exact) mass is 232 g/mol. The van der Waals surface area contributed by atoms with Gasteiger partial charge in [0.1, 0.15) is 5.75 Å². The van der Waals surface area contributed by atoms with Crippen LogP contribution in [0.2, 0.25) is 0 Å². The molecule has 0 atom stereocenters. The zero-order valence-electron chi connectivity index (χ0n) is 8.41. The van der Waals surface area contributed by atoms with Crippen LogP contribution in [-0.2, 0) is 6.54 Å². The van der Waals surface area contributed by atoms with Gasteiger partial charge in [0.05, 0.1) is 18.4 Å². The Morgan fingerprint density at radius 2 is 2.31 bits per heavy atom. The van der Waals surface area contributed by atoms with E-state index < -0.39 is 23.7 Å². The highest BCUT2D eigenvalue weighted by Crippen LogP contribution is 2.31. The molecule has 0 unspecified atom stereocenters. The Morgan fingerprint density at radius 1 is 1.69 bits per heavy atom. The number of nitrogens with two attached hydrogens (primary N) is 1. The molecule has 0 saturated carbocycles. The Labute approximate surface area is 89.9 Å². The third-order valence-electron chi connectivity index (χ3n) is 1.92. The van der Waals surface area contributed by atoms with Crippen LogP contribution in [0.5, 0.6) is 5.75 Å². The van der Waals surface area contributed by atoms with Crippen molar-refractivity contribution in [3.05, 3.63) is 23.0 Å². The van der Waals surface area contributed by atoms with Crippen molar-refractivity contribution in [3.8, 4) is 5.75 Å². The predicted octanol–water partition coefficient (Wildman–Crippen LogP) is 1.18. The van der Waals surface area contributed by atoms with Gasteiger partial charge in [-0.1, -0.05) is 0 Å². The Kier molecular flexibility index (Phi) is 3.73. The molecule has 0 aromatic carbocycles. The average molecular weight is 232 g/mol. The fraction of sp³-hybridized carbons (Fsp3) is 0.333. The van der Waals surface area contributed by atoms with Crippen LogP contribution in [0.3, 0.4) is 0 Å². The molecule has 0 radical (unpaired) electrons. The molecule has 0 amide bonds. The third-order valence-corrected chi connectivity index (χ3v) is 1.92. The molecule has 7 heteroatoms. The van der Waals surface area contributed by atoms with Crippen LogP contribution in [0.1, 0.15) is 28.2 Å². The maximum Gasteiger partial charge on any atom is 0.355 e. The van der Waals surface area contributed by atoms with Gasteiger partial charge in [-0.2, -0.15) is 0 Å². The van der Waals surface area contributed by atoms with Crippen LogP contribution in [0, 0.1) is 0 Å². The second kappa shape index (κ2) is 4.84. The van der Waals surface area contributed by atoms with Crippen LogP contribution < -0.4 is 10.5 Å². The van der Waals surface area contributed by atoms with Crippen molar-refractivity contribution in [3.63, 3.8) is 0 Å². The van der Waals surface area contributed by atoms with E-state index in [2.05, 4.69) is 4.98 Å². The highest BCUT2D eigenvalue weighted by atomic mass is 19.3. The second-order valence-electron chi connectivity index (χ2n) is 2.89. The summed E-state index contributed by atoms with van der Waals surface area (Å²) >= 11 is 0. The summed E-state index contributed by atoms with van der Waals surface area (Å²) < 4.78 is 30.0. The van der Waals surface area contributed by atoms with E-state index in [1.807, 2.05) is 0 Å². The molecule has 16 heavy (non-hydrogen) atoms. The zero-order chi connectivity index (χ0) is 12.3. The molecule has 88 valence electrons. The lowest BCUT2D eigenvalue weighted by Crippen LogP contribution is -2.12. The lowest BCUT2D eigenvalue weighted by atomic mass is 10.1. The van der Waals surface area contributed by atoms with E-state index in [-0.39, 0.29) is 18.0 Å². The van der Waals surface area contributed by atoms with Crippen molar-refractivity contribution in [1.29, 1.82) is 0 Å². The number of rotatable bonds is 4. The van der Waals surface area contributed by atoms with Gasteiger partial charge in [-0.3, -0.25) is 0 Å². The Bertz CT molecular complexity index is 410. The van der Waals surface area contributed by atoms with E-state index in [0.29, 0.717) is 0 Å². The van der Waals surface area contributed by atoms with Gasteiger partial charge in [0.15, 0.2) is 5.69 Å². The first-order valence-corrected chi connectivity index (χ1v) is 4.30. The molecule has 3 N–H and O–H groups in total. The number of carboxylic acids is 1. The first-order chi connectivity index (χ1) is 7.51. The molecule has 0 fully saturated rings. The fourth-order valence-electron chi connectivity index (χ4n) is 1.23. The van der Waals surface area contributed by atoms with Crippen LogP contribution in [0.15, 0.2) is 6.07 Å². The first-order valence-electron chi connectivity index (χ1n) is 4.30. The van der Waals surface area contributed by atoms with Crippen LogP contribution in [0.25, 0.3) is 0 Å². The largest absolute Gasteiger partial charge is 0.496 e. The third kappa shape index (κ3) is 2.25. The van der Waals surface area contributed by atoms with Gasteiger partial charge in [-0.15, -0.1) is 0 Å². The Morgan fingerprint density at radius 3 is 2.69 bits per heavy atom. The predicted molar refractivity (Wildman–Crippen MR) is 50.6 cm³/mol. The number of carboxylic acid groups (broad SMARTS) is 1. The molecule has 0 aliphatic carbocycles. The second-order valence-corrected chi connectivity index (χ2v) is 2.89. The minimum absolute atomic E-state index is 0.0554. The summed E-state index contributed by atoms with van der Waals surface area (Å²) in [6.07, 6.45) is -2.97. The molecule has 1 aromatic heterocycles. The number of aromatic carboxylic acids is 1. The Hall–Kier alpha value is -1.76. The summed E-state index contributed by atoms with van der Waals surface area (Å²) in [5, 5.41) is 8.76. The quantitative estimate of drug-likeness (QED) is 0.814. The van der Waals surface area contributed by atoms with Crippen molar-refractivity contribution in [2.45, 2.75) is 13.0 Å². The smallest absolute Gasteiger partial charge is 0.355 e. The molecule has 1 aromatic rings. The standard InChI is InChI=1S/C9H10F2N2O3/c1-16-5-2-4(3-12)13-7(9(14)15)6(5)8(10)11/h2,8H,3,12H2,1H3,(H,14,15). The highest BCUT2D eigenvalue weighted by Gasteiger charge is 2.25. The number of alkyl halides is 2. The van der Waals surface area contributed by atoms with E-state index >= 15 is 0 Å². The van der Waals surface area contributed by atoms with Gasteiger partial charge in [-0.25, -0.2) is 18.6 Å². The maximum atomic E-state index is 12.7. The zero-order valence-corrected chi connectivity index (χ0v) is 8.41. The number of nitrogens with zero attached hydrogens (tertiary/aromatic N) is 1. The normalized spacial score (nSPS) is 10.6. The molecule has 1 heterocycles. The lowest BCUT2D eigenvalue weighted by molar-refractivity contribution is 0.0674. The summed E-state index contributed by atoms with van der Waals surface area (Å²) in [5.74, 6) is -1.76. The molecule has 0 saturated heterocycles. The van der Waals surface area contributed by atoms with E-state index in [1.165, 1.54) is 13.2 Å². The van der Waals surface area contributed by atoms with Gasteiger partial charge < -0.3 is 15.6 Å². The molecule has 5 nitrogen and oxygen atoms in total. The number of carbonyl (C=O) groups is 1. The number of hydrogen-bond donors (Lipinski definition) is 2. The fourth-order valence-corrected chi connectivity index (χ4v) is 1.23. The topological polar surface area (TPSA) is 85.4 Å². The van der Waals surface area contributed by atoms with Crippen LogP contribution >= 0.6 is 0 Å². The molecule has 1 rings (SSSR count). The number of hydrogen-bond acceptors (Lipinski definition) is 4. The minimum atomic E-state index is -2.97. The van der Waals surface area contributed by atoms with Gasteiger partial charge in [0, 0.05) is 12.6 Å². The van der Waals surface area contributed by atoms with Crippen molar-refractivity contribution >= 4 is 5.97 Å². The maximum absolute atomic E-state index is 12.7. The summed E-state index contributed by atoms with van der Waals surface area (Å²) in [4.78, 5) is 14.3. The Balaban J connectivity index is 3.47. The average Bonchev–Trinajstić information content (AvgIpc) is 2.26. The van der Waals surface area contributed by atoms with Crippen molar-refractivity contribution in [2.75, 3.05) is 7.11 Å². The van der Waals surface area contributed by atoms with Crippen molar-refractivity contribution < 1.29 is 23.4 Å². The summed E-state index contributed by atoms with van der Waals surface area (Å²) in [5.41, 5.74) is 3.99. The molecular weight excluding hydrogens is 222 g/mol. The van der Waals surface area contributed by atoms with Crippen LogP contribution in [-0.4, -0.2) is 23.2 Å². The van der Waals surface area contributed by atoms with Gasteiger partial charge in [0.25, 0.3) is 6.43 Å². The molecule has 0 spiro atoms. The number of methoxy groups -OCH3 is 1. The van der Waals surface area contributed by atoms with Gasteiger partial charge in [0.2, 0.25) is 0 Å². The van der Waals surface area contributed by atoms with Crippen molar-refractivity contribution in [1.82, 2.24) is 4.98 Å². The molecule has 0 aliphatic rings. The van der Waals surface area contributed by atoms with E-state index in [9.17, 15) is 13.6 Å². The highest BCUT2D eigenvalue weighted by molar-refractivity contribution is 5.88. The lowest BCUT2D eigenvalue weighted by Gasteiger charge is -2.11. The first kappa shape index (κ1) is 12.3. The van der Waals surface area contributed by atoms with E-state index in [4.69, 9.17) is 15.6 Å². The molecule has 0 aliphatic heterocycles. The van der Waals surface area contributed by atoms with E-state index in [0.717, 1.165) is 0 Å². The summed E-state index contributed by atoms with van der Waals surface area (Å²) in [6.45, 7) is -0.0554. The number of halogens is 2. The number of pyridine rings is 1. The van der Waals surface area contributed by atoms with Gasteiger partial charge >= 0.3 is 5.97 Å². The van der Waals surface area contributed by atoms with Crippen LogP contribution in [0.4, 0.5) is 8.78 Å². The number of aromatic nitrogens is 1. The van der Waals surface area contributed by atoms with E-state index in [1.54, 1.807) is 0 Å². The van der Waals surface area contributed by atoms with Crippen molar-refractivity contribution in [2.24, 2.45) is 5.73 Å². The summed E-state index contributed by atoms with van der Waals surface area (Å²) in [7, 11) is 1.17. The summed E-state index contributed by atoms with van der Waals surface area (Å²) in [6, 6.07) is 1.20. The molecule has 0 bridgehead atoms. The molecular formula is C9H10F2N2O3.